The maximum atomic E-state index is 12.3. The van der Waals surface area contributed by atoms with Gasteiger partial charge in [0, 0.05) is 6.07 Å². The van der Waals surface area contributed by atoms with Gasteiger partial charge < -0.3 is 24.1 Å². The van der Waals surface area contributed by atoms with Crippen LogP contribution in [0.15, 0.2) is 47.0 Å². The number of rotatable bonds is 8. The number of nitrogens with one attached hydrogen (secondary N) is 1. The van der Waals surface area contributed by atoms with Gasteiger partial charge in [0.2, 0.25) is 11.7 Å². The van der Waals surface area contributed by atoms with Crippen LogP contribution in [0.2, 0.25) is 0 Å². The SMILES string of the molecule is COc1ccc(-c2noc(CNC(=O)[C@H](C)Oc3ccc(C)cc3)n2)c(OC)c1. The van der Waals surface area contributed by atoms with Crippen LogP contribution in [0, 0.1) is 6.92 Å². The molecule has 0 aliphatic heterocycles. The van der Waals surface area contributed by atoms with Crippen molar-refractivity contribution in [1.29, 1.82) is 0 Å². The van der Waals surface area contributed by atoms with Gasteiger partial charge in [-0.25, -0.2) is 0 Å². The van der Waals surface area contributed by atoms with E-state index in [0.29, 0.717) is 28.6 Å². The molecule has 0 saturated heterocycles. The van der Waals surface area contributed by atoms with E-state index >= 15 is 0 Å². The summed E-state index contributed by atoms with van der Waals surface area (Å²) in [6, 6.07) is 12.8. The molecule has 1 aromatic heterocycles. The molecular formula is C21H23N3O5. The van der Waals surface area contributed by atoms with Gasteiger partial charge in [0.25, 0.3) is 5.91 Å². The Bertz CT molecular complexity index is 969. The normalized spacial score (nSPS) is 11.6. The largest absolute Gasteiger partial charge is 0.497 e. The Kier molecular flexibility index (Phi) is 6.33. The number of amides is 1. The van der Waals surface area contributed by atoms with Crippen LogP contribution in [-0.2, 0) is 11.3 Å². The Labute approximate surface area is 168 Å². The Hall–Kier alpha value is -3.55. The molecule has 0 aliphatic rings. The number of ether oxygens (including phenoxy) is 3. The van der Waals surface area contributed by atoms with E-state index in [1.807, 2.05) is 31.2 Å². The van der Waals surface area contributed by atoms with Gasteiger partial charge in [0.15, 0.2) is 6.10 Å². The van der Waals surface area contributed by atoms with Gasteiger partial charge in [-0.1, -0.05) is 22.9 Å². The molecule has 0 aliphatic carbocycles. The number of carbonyl (C=O) groups excluding carboxylic acids is 1. The highest BCUT2D eigenvalue weighted by atomic mass is 16.5. The highest BCUT2D eigenvalue weighted by Crippen LogP contribution is 2.31. The lowest BCUT2D eigenvalue weighted by atomic mass is 10.2. The van der Waals surface area contributed by atoms with Crippen LogP contribution in [-0.4, -0.2) is 36.4 Å². The molecule has 2 aromatic carbocycles. The van der Waals surface area contributed by atoms with Crippen LogP contribution in [0.4, 0.5) is 0 Å². The van der Waals surface area contributed by atoms with Crippen molar-refractivity contribution in [2.24, 2.45) is 0 Å². The fourth-order valence-corrected chi connectivity index (χ4v) is 2.60. The molecular weight excluding hydrogens is 374 g/mol. The Balaban J connectivity index is 1.60. The number of hydrogen-bond acceptors (Lipinski definition) is 7. The number of benzene rings is 2. The lowest BCUT2D eigenvalue weighted by molar-refractivity contribution is -0.127. The summed E-state index contributed by atoms with van der Waals surface area (Å²) in [5.41, 5.74) is 1.78. The van der Waals surface area contributed by atoms with Crippen molar-refractivity contribution in [2.45, 2.75) is 26.5 Å². The number of hydrogen-bond donors (Lipinski definition) is 1. The summed E-state index contributed by atoms with van der Waals surface area (Å²) >= 11 is 0. The maximum absolute atomic E-state index is 12.3. The van der Waals surface area contributed by atoms with Crippen LogP contribution in [0.1, 0.15) is 18.4 Å². The number of methoxy groups -OCH3 is 2. The highest BCUT2D eigenvalue weighted by Gasteiger charge is 2.18. The zero-order valence-electron chi connectivity index (χ0n) is 16.8. The minimum atomic E-state index is -0.665. The van der Waals surface area contributed by atoms with Gasteiger partial charge >= 0.3 is 0 Å². The standard InChI is InChI=1S/C21H23N3O5/c1-13-5-7-15(8-6-13)28-14(2)21(25)22-12-19-23-20(24-29-19)17-10-9-16(26-3)11-18(17)27-4/h5-11,14H,12H2,1-4H3,(H,22,25)/t14-/m0/s1. The summed E-state index contributed by atoms with van der Waals surface area (Å²) in [6.45, 7) is 3.75. The predicted octanol–water partition coefficient (Wildman–Crippen LogP) is 3.15. The first kappa shape index (κ1) is 20.2. The second kappa shape index (κ2) is 9.09. The van der Waals surface area contributed by atoms with Crippen LogP contribution < -0.4 is 19.5 Å². The van der Waals surface area contributed by atoms with Crippen LogP contribution in [0.5, 0.6) is 17.2 Å². The summed E-state index contributed by atoms with van der Waals surface area (Å²) < 4.78 is 21.4. The topological polar surface area (TPSA) is 95.7 Å². The molecule has 1 atom stereocenters. The third-order valence-corrected chi connectivity index (χ3v) is 4.23. The minimum absolute atomic E-state index is 0.0892. The fraction of sp³-hybridized carbons (Fsp3) is 0.286. The van der Waals surface area contributed by atoms with E-state index in [1.165, 1.54) is 0 Å². The van der Waals surface area contributed by atoms with Crippen LogP contribution in [0.25, 0.3) is 11.4 Å². The second-order valence-electron chi connectivity index (χ2n) is 6.37. The van der Waals surface area contributed by atoms with Gasteiger partial charge in [0.05, 0.1) is 26.3 Å². The van der Waals surface area contributed by atoms with Gasteiger partial charge in [-0.15, -0.1) is 0 Å². The number of nitrogens with zero attached hydrogens (tertiary/aromatic N) is 2. The Morgan fingerprint density at radius 3 is 2.52 bits per heavy atom. The number of carbonyl (C=O) groups is 1. The first-order chi connectivity index (χ1) is 14.0. The van der Waals surface area contributed by atoms with E-state index in [2.05, 4.69) is 15.5 Å². The van der Waals surface area contributed by atoms with Crippen molar-refractivity contribution in [1.82, 2.24) is 15.5 Å². The summed E-state index contributed by atoms with van der Waals surface area (Å²) in [4.78, 5) is 16.6. The molecule has 1 amide bonds. The van der Waals surface area contributed by atoms with Crippen molar-refractivity contribution >= 4 is 5.91 Å². The van der Waals surface area contributed by atoms with Crippen molar-refractivity contribution in [3.63, 3.8) is 0 Å². The minimum Gasteiger partial charge on any atom is -0.497 e. The summed E-state index contributed by atoms with van der Waals surface area (Å²) in [5.74, 6) is 2.19. The van der Waals surface area contributed by atoms with Crippen molar-refractivity contribution in [2.75, 3.05) is 14.2 Å². The third kappa shape index (κ3) is 5.04. The molecule has 0 bridgehead atoms. The summed E-state index contributed by atoms with van der Waals surface area (Å²) in [6.07, 6.45) is -0.665. The smallest absolute Gasteiger partial charge is 0.261 e. The van der Waals surface area contributed by atoms with Crippen molar-refractivity contribution in [3.8, 4) is 28.6 Å². The third-order valence-electron chi connectivity index (χ3n) is 4.23. The average Bonchev–Trinajstić information content (AvgIpc) is 3.21. The Morgan fingerprint density at radius 2 is 1.83 bits per heavy atom. The van der Waals surface area contributed by atoms with E-state index in [4.69, 9.17) is 18.7 Å². The molecule has 29 heavy (non-hydrogen) atoms. The quantitative estimate of drug-likeness (QED) is 0.624. The molecule has 152 valence electrons. The number of aryl methyl sites for hydroxylation is 1. The molecule has 8 nitrogen and oxygen atoms in total. The van der Waals surface area contributed by atoms with Crippen LogP contribution >= 0.6 is 0 Å². The number of aromatic nitrogens is 2. The van der Waals surface area contributed by atoms with Gasteiger partial charge in [-0.05, 0) is 38.1 Å². The summed E-state index contributed by atoms with van der Waals surface area (Å²) in [7, 11) is 3.13. The first-order valence-corrected chi connectivity index (χ1v) is 9.06. The lowest BCUT2D eigenvalue weighted by Gasteiger charge is -2.14. The van der Waals surface area contributed by atoms with Gasteiger partial charge in [-0.3, -0.25) is 4.79 Å². The van der Waals surface area contributed by atoms with E-state index < -0.39 is 6.10 Å². The zero-order chi connectivity index (χ0) is 20.8. The summed E-state index contributed by atoms with van der Waals surface area (Å²) in [5, 5.41) is 6.69. The molecule has 3 aromatic rings. The molecule has 0 radical (unpaired) electrons. The zero-order valence-corrected chi connectivity index (χ0v) is 16.8. The molecule has 1 heterocycles. The predicted molar refractivity (Wildman–Crippen MR) is 106 cm³/mol. The molecule has 3 rings (SSSR count). The van der Waals surface area contributed by atoms with Gasteiger partial charge in [0.1, 0.15) is 17.2 Å². The second-order valence-corrected chi connectivity index (χ2v) is 6.37. The fourth-order valence-electron chi connectivity index (χ4n) is 2.60. The van der Waals surface area contributed by atoms with E-state index in [9.17, 15) is 4.79 Å². The Morgan fingerprint density at radius 1 is 1.10 bits per heavy atom. The van der Waals surface area contributed by atoms with E-state index in [0.717, 1.165) is 5.56 Å². The van der Waals surface area contributed by atoms with E-state index in [-0.39, 0.29) is 18.3 Å². The molecule has 0 saturated carbocycles. The molecule has 1 N–H and O–H groups in total. The van der Waals surface area contributed by atoms with E-state index in [1.54, 1.807) is 39.3 Å². The van der Waals surface area contributed by atoms with Crippen molar-refractivity contribution < 1.29 is 23.5 Å². The van der Waals surface area contributed by atoms with Gasteiger partial charge in [-0.2, -0.15) is 4.98 Å². The average molecular weight is 397 g/mol. The molecule has 0 unspecified atom stereocenters. The first-order valence-electron chi connectivity index (χ1n) is 9.06. The highest BCUT2D eigenvalue weighted by molar-refractivity contribution is 5.80. The molecule has 8 heteroatoms. The monoisotopic (exact) mass is 397 g/mol. The maximum Gasteiger partial charge on any atom is 0.261 e. The van der Waals surface area contributed by atoms with Crippen LogP contribution in [0.3, 0.4) is 0 Å². The lowest BCUT2D eigenvalue weighted by Crippen LogP contribution is -2.35. The molecule has 0 spiro atoms. The van der Waals surface area contributed by atoms with Crippen molar-refractivity contribution in [3.05, 3.63) is 53.9 Å². The molecule has 0 fully saturated rings.